The van der Waals surface area contributed by atoms with Gasteiger partial charge < -0.3 is 9.30 Å². The zero-order valence-electron chi connectivity index (χ0n) is 15.9. The Bertz CT molecular complexity index is 1120. The molecule has 0 amide bonds. The Labute approximate surface area is 173 Å². The van der Waals surface area contributed by atoms with E-state index >= 15 is 0 Å². The molecule has 2 aromatic heterocycles. The molecule has 29 heavy (non-hydrogen) atoms. The molecule has 0 aliphatic carbocycles. The summed E-state index contributed by atoms with van der Waals surface area (Å²) in [6.07, 6.45) is 9.31. The maximum atomic E-state index is 12.3. The minimum atomic E-state index is -0.358. The number of esters is 1. The van der Waals surface area contributed by atoms with Crippen molar-refractivity contribution in [3.05, 3.63) is 95.0 Å². The van der Waals surface area contributed by atoms with Crippen molar-refractivity contribution in [1.29, 1.82) is 0 Å². The van der Waals surface area contributed by atoms with Crippen molar-refractivity contribution in [2.75, 3.05) is 7.11 Å². The number of aromatic nitrogens is 3. The summed E-state index contributed by atoms with van der Waals surface area (Å²) in [5, 5.41) is 2.89. The second-order valence-electron chi connectivity index (χ2n) is 6.44. The predicted molar refractivity (Wildman–Crippen MR) is 115 cm³/mol. The molecule has 5 nitrogen and oxygen atoms in total. The van der Waals surface area contributed by atoms with E-state index in [0.29, 0.717) is 12.1 Å². The van der Waals surface area contributed by atoms with Crippen LogP contribution in [0, 0.1) is 0 Å². The van der Waals surface area contributed by atoms with Crippen LogP contribution < -0.4 is 0 Å². The summed E-state index contributed by atoms with van der Waals surface area (Å²) < 4.78 is 6.96. The Kier molecular flexibility index (Phi) is 5.63. The summed E-state index contributed by atoms with van der Waals surface area (Å²) in [5.74, 6) is -0.358. The first-order valence-corrected chi connectivity index (χ1v) is 9.96. The van der Waals surface area contributed by atoms with Gasteiger partial charge in [-0.1, -0.05) is 30.3 Å². The number of thiazole rings is 1. The molecule has 0 bridgehead atoms. The highest BCUT2D eigenvalue weighted by Gasteiger charge is 2.12. The molecule has 0 atom stereocenters. The molecule has 0 N–H and O–H groups in total. The lowest BCUT2D eigenvalue weighted by Crippen LogP contribution is -2.02. The summed E-state index contributed by atoms with van der Waals surface area (Å²) in [6, 6.07) is 15.8. The number of allylic oxidation sites excluding steroid dienone is 1. The molecular weight excluding hydrogens is 382 g/mol. The third kappa shape index (κ3) is 4.50. The summed E-state index contributed by atoms with van der Waals surface area (Å²) in [6.45, 7) is 0.636. The van der Waals surface area contributed by atoms with Crippen molar-refractivity contribution in [3.8, 4) is 11.1 Å². The molecule has 144 valence electrons. The van der Waals surface area contributed by atoms with Crippen molar-refractivity contribution in [2.24, 2.45) is 0 Å². The summed E-state index contributed by atoms with van der Waals surface area (Å²) in [5.41, 5.74) is 4.47. The number of hydrogen-bond acceptors (Lipinski definition) is 5. The average molecular weight is 401 g/mol. The van der Waals surface area contributed by atoms with Crippen LogP contribution in [0.5, 0.6) is 0 Å². The second kappa shape index (κ2) is 8.67. The van der Waals surface area contributed by atoms with Gasteiger partial charge in [0.1, 0.15) is 5.01 Å². The highest BCUT2D eigenvalue weighted by molar-refractivity contribution is 7.10. The third-order valence-corrected chi connectivity index (χ3v) is 5.29. The van der Waals surface area contributed by atoms with E-state index in [1.165, 1.54) is 7.11 Å². The zero-order chi connectivity index (χ0) is 20.1. The lowest BCUT2D eigenvalue weighted by Gasteiger charge is -2.10. The smallest absolute Gasteiger partial charge is 0.337 e. The number of carbonyl (C=O) groups excluding carboxylic acids is 1. The standard InChI is InChI=1S/C23H19N3O2S/c1-28-23(27)20-12-17(11-19(14-20)18-5-3-2-4-6-18)13-21(22-25-8-10-29-22)15-26-9-7-24-16-26/h2-14,16H,15H2,1H3/b21-13-. The number of rotatable bonds is 6. The number of hydrogen-bond donors (Lipinski definition) is 0. The van der Waals surface area contributed by atoms with Crippen LogP contribution in [0.3, 0.4) is 0 Å². The molecule has 6 heteroatoms. The van der Waals surface area contributed by atoms with E-state index in [-0.39, 0.29) is 5.97 Å². The number of carbonyl (C=O) groups is 1. The maximum Gasteiger partial charge on any atom is 0.337 e. The van der Waals surface area contributed by atoms with Gasteiger partial charge in [-0.2, -0.15) is 0 Å². The lowest BCUT2D eigenvalue weighted by atomic mass is 9.98. The van der Waals surface area contributed by atoms with E-state index in [1.807, 2.05) is 58.6 Å². The largest absolute Gasteiger partial charge is 0.465 e. The highest BCUT2D eigenvalue weighted by Crippen LogP contribution is 2.27. The van der Waals surface area contributed by atoms with Crippen LogP contribution in [0.2, 0.25) is 0 Å². The molecule has 2 aromatic carbocycles. The van der Waals surface area contributed by atoms with Crippen molar-refractivity contribution in [3.63, 3.8) is 0 Å². The predicted octanol–water partition coefficient (Wildman–Crippen LogP) is 5.03. The third-order valence-electron chi connectivity index (χ3n) is 4.44. The fourth-order valence-electron chi connectivity index (χ4n) is 3.10. The van der Waals surface area contributed by atoms with Crippen molar-refractivity contribution in [1.82, 2.24) is 14.5 Å². The molecule has 0 spiro atoms. The number of benzene rings is 2. The molecule has 4 rings (SSSR count). The first-order chi connectivity index (χ1) is 14.2. The zero-order valence-corrected chi connectivity index (χ0v) is 16.7. The first-order valence-electron chi connectivity index (χ1n) is 9.08. The Morgan fingerprint density at radius 2 is 2.00 bits per heavy atom. The number of methoxy groups -OCH3 is 1. The topological polar surface area (TPSA) is 57.0 Å². The minimum absolute atomic E-state index is 0.358. The molecule has 0 saturated carbocycles. The van der Waals surface area contributed by atoms with Gasteiger partial charge in [0.05, 0.1) is 25.5 Å². The quantitative estimate of drug-likeness (QED) is 0.425. The minimum Gasteiger partial charge on any atom is -0.465 e. The van der Waals surface area contributed by atoms with Gasteiger partial charge in [-0.3, -0.25) is 0 Å². The average Bonchev–Trinajstić information content (AvgIpc) is 3.47. The molecule has 0 aliphatic heterocycles. The summed E-state index contributed by atoms with van der Waals surface area (Å²) >= 11 is 1.58. The normalized spacial score (nSPS) is 11.4. The Morgan fingerprint density at radius 3 is 2.69 bits per heavy atom. The van der Waals surface area contributed by atoms with Crippen LogP contribution in [0.4, 0.5) is 0 Å². The maximum absolute atomic E-state index is 12.3. The number of ether oxygens (including phenoxy) is 1. The Hall–Kier alpha value is -3.51. The Balaban J connectivity index is 1.81. The summed E-state index contributed by atoms with van der Waals surface area (Å²) in [7, 11) is 1.40. The van der Waals surface area contributed by atoms with E-state index in [1.54, 1.807) is 30.1 Å². The molecule has 0 fully saturated rings. The fraction of sp³-hybridized carbons (Fsp3) is 0.0870. The van der Waals surface area contributed by atoms with Gasteiger partial charge in [-0.15, -0.1) is 11.3 Å². The van der Waals surface area contributed by atoms with E-state index in [0.717, 1.165) is 27.3 Å². The number of imidazole rings is 1. The summed E-state index contributed by atoms with van der Waals surface area (Å²) in [4.78, 5) is 20.9. The highest BCUT2D eigenvalue weighted by atomic mass is 32.1. The van der Waals surface area contributed by atoms with E-state index in [2.05, 4.69) is 22.1 Å². The molecule has 4 aromatic rings. The van der Waals surface area contributed by atoms with Crippen molar-refractivity contribution >= 4 is 29.0 Å². The molecule has 0 radical (unpaired) electrons. The van der Waals surface area contributed by atoms with E-state index in [4.69, 9.17) is 4.74 Å². The first kappa shape index (κ1) is 18.8. The SMILES string of the molecule is COC(=O)c1cc(/C=C(/Cn2ccnc2)c2nccs2)cc(-c2ccccc2)c1. The second-order valence-corrected chi connectivity index (χ2v) is 7.34. The molecule has 0 saturated heterocycles. The molecule has 0 aliphatic rings. The van der Waals surface area contributed by atoms with Crippen LogP contribution in [-0.2, 0) is 11.3 Å². The van der Waals surface area contributed by atoms with Gasteiger partial charge in [-0.25, -0.2) is 14.8 Å². The number of nitrogens with zero attached hydrogens (tertiary/aromatic N) is 3. The lowest BCUT2D eigenvalue weighted by molar-refractivity contribution is 0.0600. The van der Waals surface area contributed by atoms with E-state index in [9.17, 15) is 4.79 Å². The van der Waals surface area contributed by atoms with Crippen LogP contribution in [-0.4, -0.2) is 27.6 Å². The van der Waals surface area contributed by atoms with Gasteiger partial charge in [0.2, 0.25) is 0 Å². The van der Waals surface area contributed by atoms with Crippen LogP contribution in [0.1, 0.15) is 20.9 Å². The van der Waals surface area contributed by atoms with Crippen LogP contribution in [0.25, 0.3) is 22.8 Å². The van der Waals surface area contributed by atoms with Crippen molar-refractivity contribution < 1.29 is 9.53 Å². The van der Waals surface area contributed by atoms with Crippen LogP contribution >= 0.6 is 11.3 Å². The molecule has 2 heterocycles. The van der Waals surface area contributed by atoms with E-state index < -0.39 is 0 Å². The molecule has 0 unspecified atom stereocenters. The Morgan fingerprint density at radius 1 is 1.14 bits per heavy atom. The monoisotopic (exact) mass is 401 g/mol. The van der Waals surface area contributed by atoms with Gasteiger partial charge in [0.25, 0.3) is 0 Å². The van der Waals surface area contributed by atoms with Gasteiger partial charge in [0, 0.05) is 29.5 Å². The van der Waals surface area contributed by atoms with Gasteiger partial charge >= 0.3 is 5.97 Å². The molecular formula is C23H19N3O2S. The van der Waals surface area contributed by atoms with Gasteiger partial charge in [0.15, 0.2) is 0 Å². The van der Waals surface area contributed by atoms with Crippen molar-refractivity contribution in [2.45, 2.75) is 6.54 Å². The fourth-order valence-corrected chi connectivity index (χ4v) is 3.75. The van der Waals surface area contributed by atoms with Crippen LogP contribution in [0.15, 0.2) is 78.8 Å². The van der Waals surface area contributed by atoms with Gasteiger partial charge in [-0.05, 0) is 41.0 Å².